The number of aromatic carboxylic acids is 12. The lowest BCUT2D eigenvalue weighted by molar-refractivity contribution is 0.0533. The van der Waals surface area contributed by atoms with Crippen molar-refractivity contribution in [1.82, 2.24) is 0 Å². The zero-order valence-corrected chi connectivity index (χ0v) is 39.2. The Balaban J connectivity index is 0.000000585. The van der Waals surface area contributed by atoms with Gasteiger partial charge in [0.15, 0.2) is 0 Å². The third-order valence-corrected chi connectivity index (χ3v) is 9.40. The molecule has 0 saturated carbocycles. The Morgan fingerprint density at radius 2 is 0.231 bits per heavy atom. The van der Waals surface area contributed by atoms with Gasteiger partial charge >= 0.3 is 107 Å². The highest BCUT2D eigenvalue weighted by Crippen LogP contribution is 2.34. The predicted molar refractivity (Wildman–Crippen MR) is 231 cm³/mol. The largest absolute Gasteiger partial charge is 0.478 e. The van der Waals surface area contributed by atoms with Crippen LogP contribution in [0.4, 0.5) is 0 Å². The number of carbonyl (C=O) groups is 18. The molecule has 12 N–H and O–H groups in total. The van der Waals surface area contributed by atoms with Crippen molar-refractivity contribution >= 4 is 107 Å². The molecule has 0 aromatic heterocycles. The lowest BCUT2D eigenvalue weighted by Gasteiger charge is -2.17. The maximum atomic E-state index is 12.0. The van der Waals surface area contributed by atoms with E-state index in [4.69, 9.17) is 0 Å². The number of hydrogen-bond acceptors (Lipinski definition) is 24. The van der Waals surface area contributed by atoms with E-state index in [0.717, 1.165) is 42.7 Å². The highest BCUT2D eigenvalue weighted by atomic mass is 16.5. The van der Waals surface area contributed by atoms with Gasteiger partial charge in [-0.15, -0.1) is 0 Å². The summed E-state index contributed by atoms with van der Waals surface area (Å²) in [6.45, 7) is 0. The summed E-state index contributed by atoms with van der Waals surface area (Å²) in [5, 5.41) is 111. The average Bonchev–Trinajstić information content (AvgIpc) is 3.36. The number of carbonyl (C=O) groups excluding carboxylic acids is 6. The van der Waals surface area contributed by atoms with Crippen LogP contribution in [-0.4, -0.2) is 211 Å². The van der Waals surface area contributed by atoms with Crippen LogP contribution in [0.15, 0.2) is 0 Å². The molecule has 0 aliphatic carbocycles. The molecule has 3 aromatic rings. The topological polar surface area (TPSA) is 605 Å². The summed E-state index contributed by atoms with van der Waals surface area (Å²) in [4.78, 5) is 210. The second-order valence-corrected chi connectivity index (χ2v) is 13.4. The van der Waals surface area contributed by atoms with E-state index in [-0.39, 0.29) is 0 Å². The van der Waals surface area contributed by atoms with Crippen LogP contribution < -0.4 is 0 Å². The molecule has 0 radical (unpaired) electrons. The van der Waals surface area contributed by atoms with Crippen LogP contribution in [0.2, 0.25) is 0 Å². The average molecular weight is 1110 g/mol. The number of methoxy groups -OCH3 is 6. The molecular weight excluding hydrogens is 1080 g/mol. The predicted octanol–water partition coefficient (Wildman–Crippen LogP) is 0.158. The summed E-state index contributed by atoms with van der Waals surface area (Å²) in [6.07, 6.45) is 0. The lowest BCUT2D eigenvalue weighted by atomic mass is 9.86. The summed E-state index contributed by atoms with van der Waals surface area (Å²) < 4.78 is 25.7. The number of hydrogen-bond donors (Lipinski definition) is 12. The normalized spacial score (nSPS) is 9.92. The first-order chi connectivity index (χ1) is 36.0. The van der Waals surface area contributed by atoms with Gasteiger partial charge in [0.1, 0.15) is 0 Å². The van der Waals surface area contributed by atoms with Crippen molar-refractivity contribution in [2.45, 2.75) is 0 Å². The van der Waals surface area contributed by atoms with E-state index in [1.807, 2.05) is 0 Å². The fourth-order valence-corrected chi connectivity index (χ4v) is 6.65. The number of benzene rings is 3. The first-order valence-electron chi connectivity index (χ1n) is 19.0. The van der Waals surface area contributed by atoms with E-state index in [1.54, 1.807) is 0 Å². The Kier molecular flexibility index (Phi) is 21.1. The molecule has 0 fully saturated rings. The molecule has 36 nitrogen and oxygen atoms in total. The van der Waals surface area contributed by atoms with Gasteiger partial charge in [0.2, 0.25) is 0 Å². The molecule has 0 amide bonds. The molecule has 0 bridgehead atoms. The maximum absolute atomic E-state index is 12.0. The van der Waals surface area contributed by atoms with Gasteiger partial charge in [-0.2, -0.15) is 0 Å². The van der Waals surface area contributed by atoms with Crippen LogP contribution in [0.1, 0.15) is 186 Å². The van der Waals surface area contributed by atoms with Crippen molar-refractivity contribution in [3.63, 3.8) is 0 Å². The molecule has 0 aliphatic rings. The summed E-state index contributed by atoms with van der Waals surface area (Å²) in [7, 11) is 4.51. The number of carboxylic acids is 12. The molecule has 78 heavy (non-hydrogen) atoms. The van der Waals surface area contributed by atoms with Gasteiger partial charge in [-0.05, 0) is 0 Å². The molecule has 0 spiro atoms. The Labute approximate surface area is 425 Å². The van der Waals surface area contributed by atoms with Crippen LogP contribution in [-0.2, 0) is 28.4 Å². The monoisotopic (exact) mass is 1110 g/mol. The highest BCUT2D eigenvalue weighted by molar-refractivity contribution is 6.26. The molecule has 0 aliphatic heterocycles. The van der Waals surface area contributed by atoms with Crippen LogP contribution in [0.3, 0.4) is 0 Å². The summed E-state index contributed by atoms with van der Waals surface area (Å²) in [5.74, 6) is -35.0. The second kappa shape index (κ2) is 25.7. The number of carboxylic acid groups (broad SMARTS) is 12. The van der Waals surface area contributed by atoms with Gasteiger partial charge in [0.25, 0.3) is 0 Å². The van der Waals surface area contributed by atoms with Crippen molar-refractivity contribution in [2.75, 3.05) is 42.7 Å². The molecule has 3 rings (SSSR count). The lowest BCUT2D eigenvalue weighted by Crippen LogP contribution is -2.28. The summed E-state index contributed by atoms with van der Waals surface area (Å²) in [5.41, 5.74) is -25.1. The van der Waals surface area contributed by atoms with E-state index < -0.39 is 208 Å². The zero-order chi connectivity index (χ0) is 61.0. The molecule has 36 heteroatoms. The van der Waals surface area contributed by atoms with Crippen LogP contribution in [0.5, 0.6) is 0 Å². The van der Waals surface area contributed by atoms with Crippen LogP contribution in [0, 0.1) is 0 Å². The van der Waals surface area contributed by atoms with Gasteiger partial charge in [-0.1, -0.05) is 0 Å². The second-order valence-electron chi connectivity index (χ2n) is 13.4. The van der Waals surface area contributed by atoms with E-state index in [0.29, 0.717) is 0 Å². The van der Waals surface area contributed by atoms with Crippen molar-refractivity contribution in [2.24, 2.45) is 0 Å². The quantitative estimate of drug-likeness (QED) is 0.0596. The Morgan fingerprint density at radius 1 is 0.167 bits per heavy atom. The van der Waals surface area contributed by atoms with Crippen LogP contribution >= 0.6 is 0 Å². The smallest absolute Gasteiger partial charge is 0.339 e. The molecule has 0 saturated heterocycles. The molecule has 0 unspecified atom stereocenters. The van der Waals surface area contributed by atoms with E-state index in [9.17, 15) is 148 Å². The third-order valence-electron chi connectivity index (χ3n) is 9.40. The minimum Gasteiger partial charge on any atom is -0.478 e. The van der Waals surface area contributed by atoms with Crippen LogP contribution in [0.25, 0.3) is 0 Å². The van der Waals surface area contributed by atoms with Gasteiger partial charge in [-0.25, -0.2) is 86.3 Å². The van der Waals surface area contributed by atoms with Gasteiger partial charge in [0, 0.05) is 0 Å². The van der Waals surface area contributed by atoms with Gasteiger partial charge in [-0.3, -0.25) is 0 Å². The number of rotatable bonds is 18. The minimum absolute atomic E-state index is 0.751. The first kappa shape index (κ1) is 64.1. The van der Waals surface area contributed by atoms with E-state index in [1.165, 1.54) is 0 Å². The van der Waals surface area contributed by atoms with Gasteiger partial charge in [0.05, 0.1) is 143 Å². The zero-order valence-electron chi connectivity index (χ0n) is 39.2. The van der Waals surface area contributed by atoms with Crippen molar-refractivity contribution < 1.29 is 176 Å². The molecule has 0 atom stereocenters. The highest BCUT2D eigenvalue weighted by Gasteiger charge is 2.44. The van der Waals surface area contributed by atoms with E-state index >= 15 is 0 Å². The van der Waals surface area contributed by atoms with Crippen molar-refractivity contribution in [1.29, 1.82) is 0 Å². The summed E-state index contributed by atoms with van der Waals surface area (Å²) >= 11 is 0. The standard InChI is InChI=1S/3C14H10O12/c3*1-25-13(23)7-5(11(19)20)3(9(15)16)4(10(17)18)6(12(21)22)8(7)14(24)26-2/h3*1-2H3,(H,15,16)(H,17,18)(H,19,20)(H,21,22). The third kappa shape index (κ3) is 12.3. The fourth-order valence-electron chi connectivity index (χ4n) is 6.65. The maximum Gasteiger partial charge on any atom is 0.339 e. The Bertz CT molecular complexity index is 2720. The first-order valence-corrected chi connectivity index (χ1v) is 19.0. The van der Waals surface area contributed by atoms with Gasteiger partial charge < -0.3 is 89.7 Å². The van der Waals surface area contributed by atoms with Crippen molar-refractivity contribution in [3.8, 4) is 0 Å². The molecule has 0 heterocycles. The van der Waals surface area contributed by atoms with E-state index in [2.05, 4.69) is 28.4 Å². The van der Waals surface area contributed by atoms with Crippen molar-refractivity contribution in [3.05, 3.63) is 100 Å². The molecular formula is C42H30O36. The molecule has 3 aromatic carbocycles. The number of ether oxygens (including phenoxy) is 6. The molecule has 414 valence electrons. The SMILES string of the molecule is COC(=O)c1c(C(=O)O)c(C(=O)O)c(C(=O)O)c(C(=O)O)c1C(=O)OC.COC(=O)c1c(C(=O)O)c(C(=O)O)c(C(=O)O)c(C(=O)O)c1C(=O)OC.COC(=O)c1c(C(=O)O)c(C(=O)O)c(C(=O)O)c(C(=O)O)c1C(=O)OC. The minimum atomic E-state index is -2.15. The Hall–Kier alpha value is -11.9. The summed E-state index contributed by atoms with van der Waals surface area (Å²) in [6, 6.07) is 0. The Morgan fingerprint density at radius 3 is 0.282 bits per heavy atom. The number of esters is 6. The fraction of sp³-hybridized carbons (Fsp3) is 0.143.